The normalized spacial score (nSPS) is 10.9. The topological polar surface area (TPSA) is 30.5 Å². The molecule has 4 rings (SSSR count). The van der Waals surface area contributed by atoms with E-state index in [0.29, 0.717) is 0 Å². The van der Waals surface area contributed by atoms with Gasteiger partial charge in [0.2, 0.25) is 0 Å². The SMILES string of the molecule is CN(C)CNc1ccc2ccccc2c1.CN(C)CNc1cccc2ccccc12. The Kier molecular flexibility index (Phi) is 7.66. The fourth-order valence-electron chi connectivity index (χ4n) is 3.17. The third kappa shape index (κ3) is 6.21. The lowest BCUT2D eigenvalue weighted by molar-refractivity contribution is 0.440. The third-order valence-corrected chi connectivity index (χ3v) is 4.72. The summed E-state index contributed by atoms with van der Waals surface area (Å²) in [5.74, 6) is 0. The van der Waals surface area contributed by atoms with Gasteiger partial charge in [-0.2, -0.15) is 0 Å². The minimum atomic E-state index is 0.855. The number of anilines is 2. The Bertz CT molecular complexity index is 1060. The fraction of sp³-hybridized carbons (Fsp3) is 0.231. The van der Waals surface area contributed by atoms with E-state index in [1.54, 1.807) is 0 Å². The average Bonchev–Trinajstić information content (AvgIpc) is 2.76. The molecule has 4 aromatic carbocycles. The monoisotopic (exact) mass is 400 g/mol. The maximum atomic E-state index is 3.41. The predicted octanol–water partition coefficient (Wildman–Crippen LogP) is 5.54. The Balaban J connectivity index is 0.000000171. The van der Waals surface area contributed by atoms with Crippen LogP contribution in [0.5, 0.6) is 0 Å². The van der Waals surface area contributed by atoms with Crippen molar-refractivity contribution in [3.63, 3.8) is 0 Å². The van der Waals surface area contributed by atoms with E-state index >= 15 is 0 Å². The minimum absolute atomic E-state index is 0.855. The van der Waals surface area contributed by atoms with Crippen molar-refractivity contribution < 1.29 is 0 Å². The smallest absolute Gasteiger partial charge is 0.0673 e. The van der Waals surface area contributed by atoms with Gasteiger partial charge in [0.1, 0.15) is 0 Å². The third-order valence-electron chi connectivity index (χ3n) is 4.72. The van der Waals surface area contributed by atoms with Gasteiger partial charge in [0.05, 0.1) is 13.3 Å². The summed E-state index contributed by atoms with van der Waals surface area (Å²) in [6, 6.07) is 29.6. The molecule has 0 atom stereocenters. The minimum Gasteiger partial charge on any atom is -0.372 e. The molecule has 0 saturated carbocycles. The van der Waals surface area contributed by atoms with Crippen molar-refractivity contribution in [1.29, 1.82) is 0 Å². The summed E-state index contributed by atoms with van der Waals surface area (Å²) in [6.07, 6.45) is 0. The summed E-state index contributed by atoms with van der Waals surface area (Å²) in [5, 5.41) is 11.9. The van der Waals surface area contributed by atoms with E-state index in [4.69, 9.17) is 0 Å². The zero-order valence-electron chi connectivity index (χ0n) is 18.4. The van der Waals surface area contributed by atoms with Gasteiger partial charge in [-0.25, -0.2) is 0 Å². The van der Waals surface area contributed by atoms with Crippen molar-refractivity contribution in [3.8, 4) is 0 Å². The predicted molar refractivity (Wildman–Crippen MR) is 132 cm³/mol. The second kappa shape index (κ2) is 10.6. The van der Waals surface area contributed by atoms with Gasteiger partial charge in [0, 0.05) is 16.8 Å². The Hall–Kier alpha value is -3.08. The largest absolute Gasteiger partial charge is 0.372 e. The molecule has 0 aliphatic carbocycles. The summed E-state index contributed by atoms with van der Waals surface area (Å²) in [5.41, 5.74) is 2.37. The number of hydrogen-bond donors (Lipinski definition) is 2. The van der Waals surface area contributed by atoms with E-state index in [1.165, 1.54) is 32.9 Å². The molecule has 0 amide bonds. The van der Waals surface area contributed by atoms with E-state index < -0.39 is 0 Å². The fourth-order valence-corrected chi connectivity index (χ4v) is 3.17. The molecule has 0 saturated heterocycles. The van der Waals surface area contributed by atoms with Crippen LogP contribution in [0.1, 0.15) is 0 Å². The second-order valence-electron chi connectivity index (χ2n) is 7.92. The quantitative estimate of drug-likeness (QED) is 0.416. The molecule has 4 nitrogen and oxygen atoms in total. The molecule has 4 aromatic rings. The van der Waals surface area contributed by atoms with Gasteiger partial charge in [0.25, 0.3) is 0 Å². The number of nitrogens with one attached hydrogen (secondary N) is 2. The number of fused-ring (bicyclic) bond motifs is 2. The molecule has 0 aliphatic heterocycles. The van der Waals surface area contributed by atoms with Crippen molar-refractivity contribution in [2.24, 2.45) is 0 Å². The second-order valence-corrected chi connectivity index (χ2v) is 7.92. The first-order valence-electron chi connectivity index (χ1n) is 10.3. The van der Waals surface area contributed by atoms with Crippen LogP contribution in [0.4, 0.5) is 11.4 Å². The molecular weight excluding hydrogens is 368 g/mol. The average molecular weight is 401 g/mol. The highest BCUT2D eigenvalue weighted by atomic mass is 15.2. The van der Waals surface area contributed by atoms with Crippen LogP contribution in [-0.4, -0.2) is 51.3 Å². The summed E-state index contributed by atoms with van der Waals surface area (Å²) in [6.45, 7) is 1.71. The lowest BCUT2D eigenvalue weighted by Gasteiger charge is -2.14. The zero-order chi connectivity index (χ0) is 21.3. The zero-order valence-corrected chi connectivity index (χ0v) is 18.4. The maximum absolute atomic E-state index is 3.41. The molecule has 0 fully saturated rings. The van der Waals surface area contributed by atoms with Gasteiger partial charge in [-0.3, -0.25) is 9.80 Å². The van der Waals surface area contributed by atoms with Crippen LogP contribution in [0.2, 0.25) is 0 Å². The number of rotatable bonds is 6. The Morgan fingerprint density at radius 1 is 0.567 bits per heavy atom. The Labute approximate surface area is 180 Å². The molecule has 0 spiro atoms. The van der Waals surface area contributed by atoms with Crippen molar-refractivity contribution in [2.45, 2.75) is 0 Å². The van der Waals surface area contributed by atoms with Crippen molar-refractivity contribution in [1.82, 2.24) is 9.80 Å². The van der Waals surface area contributed by atoms with Crippen LogP contribution in [0, 0.1) is 0 Å². The molecule has 4 heteroatoms. The van der Waals surface area contributed by atoms with Gasteiger partial charge >= 0.3 is 0 Å². The molecule has 30 heavy (non-hydrogen) atoms. The van der Waals surface area contributed by atoms with Gasteiger partial charge in [-0.15, -0.1) is 0 Å². The highest BCUT2D eigenvalue weighted by molar-refractivity contribution is 5.93. The first-order chi connectivity index (χ1) is 14.5. The molecule has 0 bridgehead atoms. The molecular formula is C26H32N4. The van der Waals surface area contributed by atoms with E-state index in [-0.39, 0.29) is 0 Å². The van der Waals surface area contributed by atoms with E-state index in [1.807, 2.05) is 14.1 Å². The molecule has 156 valence electrons. The van der Waals surface area contributed by atoms with Crippen LogP contribution in [0.15, 0.2) is 84.9 Å². The van der Waals surface area contributed by atoms with Gasteiger partial charge in [-0.05, 0) is 62.5 Å². The number of benzene rings is 4. The van der Waals surface area contributed by atoms with Crippen molar-refractivity contribution in [3.05, 3.63) is 84.9 Å². The Morgan fingerprint density at radius 2 is 1.17 bits per heavy atom. The first-order valence-corrected chi connectivity index (χ1v) is 10.3. The van der Waals surface area contributed by atoms with E-state index in [0.717, 1.165) is 13.3 Å². The van der Waals surface area contributed by atoms with Crippen LogP contribution < -0.4 is 10.6 Å². The van der Waals surface area contributed by atoms with Gasteiger partial charge in [0.15, 0.2) is 0 Å². The Morgan fingerprint density at radius 3 is 1.90 bits per heavy atom. The molecule has 0 aliphatic rings. The summed E-state index contributed by atoms with van der Waals surface area (Å²) >= 11 is 0. The van der Waals surface area contributed by atoms with Crippen molar-refractivity contribution in [2.75, 3.05) is 52.2 Å². The summed E-state index contributed by atoms with van der Waals surface area (Å²) < 4.78 is 0. The van der Waals surface area contributed by atoms with Crippen LogP contribution in [0.3, 0.4) is 0 Å². The van der Waals surface area contributed by atoms with E-state index in [9.17, 15) is 0 Å². The lowest BCUT2D eigenvalue weighted by atomic mass is 10.1. The van der Waals surface area contributed by atoms with Gasteiger partial charge in [-0.1, -0.05) is 66.7 Å². The molecule has 0 heterocycles. The molecule has 2 N–H and O–H groups in total. The van der Waals surface area contributed by atoms with Gasteiger partial charge < -0.3 is 10.6 Å². The number of nitrogens with zero attached hydrogens (tertiary/aromatic N) is 2. The summed E-state index contributed by atoms with van der Waals surface area (Å²) in [4.78, 5) is 4.22. The summed E-state index contributed by atoms with van der Waals surface area (Å²) in [7, 11) is 8.21. The number of hydrogen-bond acceptors (Lipinski definition) is 4. The molecule has 0 radical (unpaired) electrons. The van der Waals surface area contributed by atoms with Crippen LogP contribution in [0.25, 0.3) is 21.5 Å². The van der Waals surface area contributed by atoms with Crippen LogP contribution in [-0.2, 0) is 0 Å². The van der Waals surface area contributed by atoms with Crippen molar-refractivity contribution >= 4 is 32.9 Å². The highest BCUT2D eigenvalue weighted by Gasteiger charge is 1.99. The lowest BCUT2D eigenvalue weighted by Crippen LogP contribution is -2.20. The highest BCUT2D eigenvalue weighted by Crippen LogP contribution is 2.22. The standard InChI is InChI=1S/2C13H16N2/c1-15(2)10-14-13-9-5-7-11-6-3-4-8-12(11)13;1-15(2)10-14-13-8-7-11-5-3-4-6-12(11)9-13/h2*3-9,14H,10H2,1-2H3. The van der Waals surface area contributed by atoms with Crippen LogP contribution >= 0.6 is 0 Å². The molecule has 0 aromatic heterocycles. The molecule has 0 unspecified atom stereocenters. The van der Waals surface area contributed by atoms with E-state index in [2.05, 4.69) is 119 Å². The first kappa shape index (κ1) is 21.6. The maximum Gasteiger partial charge on any atom is 0.0673 e.